The van der Waals surface area contributed by atoms with Gasteiger partial charge in [-0.3, -0.25) is 4.90 Å². The first-order valence-electron chi connectivity index (χ1n) is 12.7. The molecule has 1 atom stereocenters. The van der Waals surface area contributed by atoms with Crippen LogP contribution in [0.5, 0.6) is 5.75 Å². The largest absolute Gasteiger partial charge is 0.493 e. The molecule has 2 aromatic carbocycles. The van der Waals surface area contributed by atoms with Crippen molar-refractivity contribution in [1.82, 2.24) is 10.2 Å². The van der Waals surface area contributed by atoms with Gasteiger partial charge >= 0.3 is 0 Å². The van der Waals surface area contributed by atoms with E-state index in [-0.39, 0.29) is 13.0 Å². The molecule has 1 aliphatic heterocycles. The number of hydrogen-bond donors (Lipinski definition) is 1. The van der Waals surface area contributed by atoms with Crippen molar-refractivity contribution in [3.63, 3.8) is 0 Å². The Hall–Kier alpha value is -2.40. The summed E-state index contributed by atoms with van der Waals surface area (Å²) in [5.74, 6) is -1.70. The van der Waals surface area contributed by atoms with Crippen LogP contribution in [0.1, 0.15) is 60.9 Å². The van der Waals surface area contributed by atoms with Gasteiger partial charge in [-0.15, -0.1) is 0 Å². The van der Waals surface area contributed by atoms with Crippen LogP contribution >= 0.6 is 0 Å². The summed E-state index contributed by atoms with van der Waals surface area (Å²) in [4.78, 5) is 2.47. The SMILES string of the molecule is C=C(NCc1ccc(CN2CCc3c(ccc(OCC4CC4(F)F)c3C)C2)cc1)C1CC1.CC. The first kappa shape index (κ1) is 24.7. The third-order valence-corrected chi connectivity index (χ3v) is 7.13. The lowest BCUT2D eigenvalue weighted by molar-refractivity contribution is 0.0854. The lowest BCUT2D eigenvalue weighted by atomic mass is 9.94. The summed E-state index contributed by atoms with van der Waals surface area (Å²) >= 11 is 0. The lowest BCUT2D eigenvalue weighted by Gasteiger charge is -2.30. The van der Waals surface area contributed by atoms with Crippen molar-refractivity contribution < 1.29 is 13.5 Å². The van der Waals surface area contributed by atoms with Crippen LogP contribution in [0, 0.1) is 18.8 Å². The maximum Gasteiger partial charge on any atom is 0.255 e. The lowest BCUT2D eigenvalue weighted by Crippen LogP contribution is -2.30. The average Bonchev–Trinajstić information content (AvgIpc) is 3.77. The van der Waals surface area contributed by atoms with E-state index in [1.54, 1.807) is 0 Å². The van der Waals surface area contributed by atoms with Gasteiger partial charge < -0.3 is 10.1 Å². The molecule has 2 saturated carbocycles. The summed E-state index contributed by atoms with van der Waals surface area (Å²) in [6, 6.07) is 12.9. The number of fused-ring (bicyclic) bond motifs is 1. The van der Waals surface area contributed by atoms with E-state index in [1.807, 2.05) is 19.9 Å². The molecule has 3 aliphatic rings. The molecule has 0 bridgehead atoms. The molecule has 2 aromatic rings. The molecule has 3 nitrogen and oxygen atoms in total. The molecule has 184 valence electrons. The zero-order valence-corrected chi connectivity index (χ0v) is 20.8. The van der Waals surface area contributed by atoms with Crippen LogP contribution in [0.3, 0.4) is 0 Å². The van der Waals surface area contributed by atoms with Crippen molar-refractivity contribution in [1.29, 1.82) is 0 Å². The van der Waals surface area contributed by atoms with Crippen molar-refractivity contribution >= 4 is 0 Å². The second-order valence-corrected chi connectivity index (χ2v) is 9.73. The van der Waals surface area contributed by atoms with E-state index < -0.39 is 11.8 Å². The molecule has 2 aliphatic carbocycles. The first-order valence-corrected chi connectivity index (χ1v) is 12.7. The Kier molecular flexibility index (Phi) is 7.61. The molecule has 0 spiro atoms. The van der Waals surface area contributed by atoms with E-state index in [0.29, 0.717) is 5.92 Å². The third-order valence-electron chi connectivity index (χ3n) is 7.13. The average molecular weight is 469 g/mol. The third kappa shape index (κ3) is 5.99. The number of hydrogen-bond acceptors (Lipinski definition) is 3. The Bertz CT molecular complexity index is 998. The molecule has 2 fully saturated rings. The molecule has 0 radical (unpaired) electrons. The number of nitrogens with one attached hydrogen (secondary N) is 1. The van der Waals surface area contributed by atoms with Crippen molar-refractivity contribution in [2.75, 3.05) is 13.2 Å². The van der Waals surface area contributed by atoms with E-state index in [2.05, 4.69) is 54.1 Å². The standard InChI is InChI=1S/C27H32F2N2O.C2H6/c1-18-25-11-12-31(16-23(25)9-10-26(18)32-17-24-13-27(24,28)29)15-21-5-3-20(4-6-21)14-30-19(2)22-7-8-22;1-2/h3-6,9-10,22,24,30H,2,7-8,11-17H2,1H3;1-2H3. The van der Waals surface area contributed by atoms with E-state index >= 15 is 0 Å². The summed E-state index contributed by atoms with van der Waals surface area (Å²) in [5, 5.41) is 3.45. The van der Waals surface area contributed by atoms with Gasteiger partial charge in [0.25, 0.3) is 5.92 Å². The summed E-state index contributed by atoms with van der Waals surface area (Å²) in [6.45, 7) is 14.0. The highest BCUT2D eigenvalue weighted by Crippen LogP contribution is 2.48. The molecule has 5 rings (SSSR count). The fourth-order valence-electron chi connectivity index (χ4n) is 4.62. The number of ether oxygens (including phenoxy) is 1. The number of rotatable bonds is 9. The van der Waals surface area contributed by atoms with Gasteiger partial charge in [0, 0.05) is 38.3 Å². The molecule has 1 N–H and O–H groups in total. The molecule has 34 heavy (non-hydrogen) atoms. The van der Waals surface area contributed by atoms with Gasteiger partial charge in [-0.05, 0) is 66.0 Å². The number of allylic oxidation sites excluding steroid dienone is 1. The molecule has 1 unspecified atom stereocenters. The highest BCUT2D eigenvalue weighted by molar-refractivity contribution is 5.45. The van der Waals surface area contributed by atoms with E-state index in [4.69, 9.17) is 4.74 Å². The summed E-state index contributed by atoms with van der Waals surface area (Å²) < 4.78 is 32.0. The van der Waals surface area contributed by atoms with Gasteiger partial charge in [-0.1, -0.05) is 50.8 Å². The second-order valence-electron chi connectivity index (χ2n) is 9.73. The number of benzene rings is 2. The summed E-state index contributed by atoms with van der Waals surface area (Å²) in [5.41, 5.74) is 7.52. The maximum atomic E-state index is 13.1. The summed E-state index contributed by atoms with van der Waals surface area (Å²) in [7, 11) is 0. The maximum absolute atomic E-state index is 13.1. The minimum atomic E-state index is -2.53. The van der Waals surface area contributed by atoms with Gasteiger partial charge in [0.15, 0.2) is 0 Å². The zero-order chi connectivity index (χ0) is 24.3. The van der Waals surface area contributed by atoms with Gasteiger partial charge in [-0.2, -0.15) is 0 Å². The van der Waals surface area contributed by atoms with E-state index in [0.717, 1.165) is 43.9 Å². The Balaban J connectivity index is 0.00000133. The predicted molar refractivity (Wildman–Crippen MR) is 134 cm³/mol. The van der Waals surface area contributed by atoms with Gasteiger partial charge in [0.05, 0.1) is 12.5 Å². The molecular weight excluding hydrogens is 430 g/mol. The van der Waals surface area contributed by atoms with Crippen LogP contribution in [0.2, 0.25) is 0 Å². The van der Waals surface area contributed by atoms with Crippen molar-refractivity contribution in [3.05, 3.63) is 76.5 Å². The van der Waals surface area contributed by atoms with Gasteiger partial charge in [0.1, 0.15) is 5.75 Å². The van der Waals surface area contributed by atoms with Crippen LogP contribution in [-0.2, 0) is 26.1 Å². The predicted octanol–water partition coefficient (Wildman–Crippen LogP) is 6.63. The zero-order valence-electron chi connectivity index (χ0n) is 20.8. The van der Waals surface area contributed by atoms with Crippen LogP contribution < -0.4 is 10.1 Å². The topological polar surface area (TPSA) is 24.5 Å². The van der Waals surface area contributed by atoms with Crippen molar-refractivity contribution in [2.24, 2.45) is 11.8 Å². The normalized spacial score (nSPS) is 20.6. The molecule has 0 saturated heterocycles. The van der Waals surface area contributed by atoms with E-state index in [1.165, 1.54) is 40.8 Å². The molecule has 0 aromatic heterocycles. The molecular formula is C29H38F2N2O. The van der Waals surface area contributed by atoms with Gasteiger partial charge in [-0.25, -0.2) is 8.78 Å². The van der Waals surface area contributed by atoms with E-state index in [9.17, 15) is 8.78 Å². The van der Waals surface area contributed by atoms with Crippen LogP contribution in [0.4, 0.5) is 8.78 Å². The highest BCUT2D eigenvalue weighted by Gasteiger charge is 2.57. The number of halogens is 2. The minimum Gasteiger partial charge on any atom is -0.493 e. The van der Waals surface area contributed by atoms with Crippen LogP contribution in [0.25, 0.3) is 0 Å². The second kappa shape index (κ2) is 10.5. The van der Waals surface area contributed by atoms with Crippen molar-refractivity contribution in [3.8, 4) is 5.75 Å². The molecule has 0 amide bonds. The minimum absolute atomic E-state index is 0.0425. The first-order chi connectivity index (χ1) is 16.4. The monoisotopic (exact) mass is 468 g/mol. The highest BCUT2D eigenvalue weighted by atomic mass is 19.3. The Morgan fingerprint density at radius 2 is 1.79 bits per heavy atom. The van der Waals surface area contributed by atoms with Crippen LogP contribution in [-0.4, -0.2) is 24.0 Å². The fourth-order valence-corrected chi connectivity index (χ4v) is 4.62. The number of alkyl halides is 2. The van der Waals surface area contributed by atoms with Crippen molar-refractivity contribution in [2.45, 2.75) is 72.0 Å². The molecule has 1 heterocycles. The van der Waals surface area contributed by atoms with Gasteiger partial charge in [0.2, 0.25) is 0 Å². The summed E-state index contributed by atoms with van der Waals surface area (Å²) in [6.07, 6.45) is 3.47. The quantitative estimate of drug-likeness (QED) is 0.447. The molecule has 5 heteroatoms. The Morgan fingerprint density at radius 1 is 1.12 bits per heavy atom. The Labute approximate surface area is 203 Å². The number of nitrogens with zero attached hydrogens (tertiary/aromatic N) is 1. The fraction of sp³-hybridized carbons (Fsp3) is 0.517. The smallest absolute Gasteiger partial charge is 0.255 e. The Morgan fingerprint density at radius 3 is 2.44 bits per heavy atom. The van der Waals surface area contributed by atoms with Crippen LogP contribution in [0.15, 0.2) is 48.7 Å².